The smallest absolute Gasteiger partial charge is 0.0106 e. The molecular weight excluding hydrogens is 74.1 g/mol. The molecule has 1 saturated carbocycles. The van der Waals surface area contributed by atoms with Gasteiger partial charge >= 0.3 is 0 Å². The summed E-state index contributed by atoms with van der Waals surface area (Å²) in [6, 6.07) is 0. The van der Waals surface area contributed by atoms with Crippen molar-refractivity contribution in [2.45, 2.75) is 19.8 Å². The van der Waals surface area contributed by atoms with Crippen molar-refractivity contribution in [3.05, 3.63) is 6.42 Å². The predicted octanol–water partition coefficient (Wildman–Crippen LogP) is 0.949. The molecule has 0 aliphatic heterocycles. The van der Waals surface area contributed by atoms with Crippen LogP contribution in [0.2, 0.25) is 0 Å². The topological polar surface area (TPSA) is 26.0 Å². The van der Waals surface area contributed by atoms with Gasteiger partial charge in [0.05, 0.1) is 0 Å². The summed E-state index contributed by atoms with van der Waals surface area (Å²) in [5, 5.41) is 0. The monoisotopic (exact) mass is 86.1 g/mol. The maximum atomic E-state index is 4.85. The molecule has 1 aliphatic carbocycles. The van der Waals surface area contributed by atoms with E-state index in [0.717, 1.165) is 6.54 Å². The van der Waals surface area contributed by atoms with Gasteiger partial charge in [-0.05, 0) is 25.8 Å². The summed E-state index contributed by atoms with van der Waals surface area (Å²) in [6.45, 7) is 2.65. The summed E-state index contributed by atoms with van der Waals surface area (Å²) in [5.41, 5.74) is 4.85. The fourth-order valence-corrected chi connectivity index (χ4v) is 0. The first-order valence-electron chi connectivity index (χ1n) is 2.43. The summed E-state index contributed by atoms with van der Waals surface area (Å²) in [5.74, 6) is 0. The van der Waals surface area contributed by atoms with Crippen LogP contribution in [0, 0.1) is 6.42 Å². The molecule has 0 atom stereocenters. The van der Waals surface area contributed by atoms with Gasteiger partial charge in [0.1, 0.15) is 0 Å². The molecule has 0 amide bonds. The first-order chi connectivity index (χ1) is 2.91. The van der Waals surface area contributed by atoms with Gasteiger partial charge in [-0.3, -0.25) is 0 Å². The predicted molar refractivity (Wildman–Crippen MR) is 28.3 cm³/mol. The Morgan fingerprint density at radius 1 is 1.67 bits per heavy atom. The molecule has 0 heterocycles. The fraction of sp³-hybridized carbons (Fsp3) is 0.800. The van der Waals surface area contributed by atoms with Crippen LogP contribution in [0.5, 0.6) is 0 Å². The van der Waals surface area contributed by atoms with Crippen molar-refractivity contribution >= 4 is 0 Å². The van der Waals surface area contributed by atoms with E-state index in [1.807, 2.05) is 6.92 Å². The van der Waals surface area contributed by atoms with E-state index in [4.69, 9.17) is 5.73 Å². The molecule has 1 radical (unpaired) electrons. The number of nitrogens with two attached hydrogens (primary N) is 1. The molecule has 1 nitrogen and oxygen atoms in total. The van der Waals surface area contributed by atoms with Gasteiger partial charge in [-0.25, -0.2) is 0 Å². The van der Waals surface area contributed by atoms with Crippen molar-refractivity contribution in [3.8, 4) is 0 Å². The molecule has 2 N–H and O–H groups in total. The Morgan fingerprint density at radius 3 is 1.83 bits per heavy atom. The Hall–Kier alpha value is -0.0400. The zero-order valence-corrected chi connectivity index (χ0v) is 4.28. The molecule has 1 fully saturated rings. The minimum Gasteiger partial charge on any atom is -0.331 e. The zero-order chi connectivity index (χ0) is 4.83. The molecule has 1 heteroatoms. The summed E-state index contributed by atoms with van der Waals surface area (Å²) in [7, 11) is 0. The van der Waals surface area contributed by atoms with Crippen LogP contribution in [0.25, 0.3) is 0 Å². The van der Waals surface area contributed by atoms with Gasteiger partial charge in [0.2, 0.25) is 0 Å². The molecule has 0 bridgehead atoms. The summed E-state index contributed by atoms with van der Waals surface area (Å²) in [6.07, 6.45) is 5.00. The van der Waals surface area contributed by atoms with Crippen molar-refractivity contribution in [1.82, 2.24) is 0 Å². The molecule has 0 saturated heterocycles. The minimum absolute atomic E-state index is 0.750. The van der Waals surface area contributed by atoms with Crippen LogP contribution in [-0.2, 0) is 0 Å². The van der Waals surface area contributed by atoms with Crippen molar-refractivity contribution in [2.24, 2.45) is 5.73 Å². The lowest BCUT2D eigenvalue weighted by atomic mass is 10.8. The van der Waals surface area contributed by atoms with Crippen molar-refractivity contribution in [3.63, 3.8) is 0 Å². The Labute approximate surface area is 39.5 Å². The average molecular weight is 86.2 g/mol. The second-order valence-electron chi connectivity index (χ2n) is 1.27. The van der Waals surface area contributed by atoms with Crippen molar-refractivity contribution in [2.75, 3.05) is 6.54 Å². The van der Waals surface area contributed by atoms with Crippen LogP contribution in [0.15, 0.2) is 0 Å². The first-order valence-corrected chi connectivity index (χ1v) is 2.43. The third-order valence-electron chi connectivity index (χ3n) is 0.289. The SMILES string of the molecule is CCN.[CH]1CC1. The maximum Gasteiger partial charge on any atom is -0.0106 e. The molecule has 0 aromatic heterocycles. The highest BCUT2D eigenvalue weighted by molar-refractivity contribution is 4.79. The van der Waals surface area contributed by atoms with E-state index >= 15 is 0 Å². The summed E-state index contributed by atoms with van der Waals surface area (Å²) < 4.78 is 0. The van der Waals surface area contributed by atoms with Gasteiger partial charge in [0.15, 0.2) is 0 Å². The van der Waals surface area contributed by atoms with Crippen molar-refractivity contribution in [1.29, 1.82) is 0 Å². The maximum absolute atomic E-state index is 4.85. The van der Waals surface area contributed by atoms with E-state index in [1.165, 1.54) is 12.8 Å². The second-order valence-corrected chi connectivity index (χ2v) is 1.27. The standard InChI is InChI=1S/C3H5.C2H7N/c1-2-3-1;1-2-3/h1H,2-3H2;2-3H2,1H3. The van der Waals surface area contributed by atoms with Crippen molar-refractivity contribution < 1.29 is 0 Å². The van der Waals surface area contributed by atoms with Crippen LogP contribution in [-0.4, -0.2) is 6.54 Å². The minimum atomic E-state index is 0.750. The van der Waals surface area contributed by atoms with E-state index in [9.17, 15) is 0 Å². The molecule has 6 heavy (non-hydrogen) atoms. The van der Waals surface area contributed by atoms with Gasteiger partial charge in [0, 0.05) is 0 Å². The highest BCUT2D eigenvalue weighted by Gasteiger charge is 1.95. The first kappa shape index (κ1) is 5.96. The molecule has 0 unspecified atom stereocenters. The molecule has 0 spiro atoms. The Balaban J connectivity index is 0.0000000833. The molecule has 0 aromatic rings. The van der Waals surface area contributed by atoms with E-state index in [-0.39, 0.29) is 0 Å². The van der Waals surface area contributed by atoms with Crippen LogP contribution >= 0.6 is 0 Å². The number of hydrogen-bond donors (Lipinski definition) is 1. The normalized spacial score (nSPS) is 15.0. The van der Waals surface area contributed by atoms with Crippen LogP contribution in [0.4, 0.5) is 0 Å². The highest BCUT2D eigenvalue weighted by Crippen LogP contribution is 2.12. The van der Waals surface area contributed by atoms with Gasteiger partial charge < -0.3 is 5.73 Å². The average Bonchev–Trinajstić information content (AvgIpc) is 2.11. The summed E-state index contributed by atoms with van der Waals surface area (Å²) >= 11 is 0. The van der Waals surface area contributed by atoms with E-state index in [2.05, 4.69) is 6.42 Å². The fourth-order valence-electron chi connectivity index (χ4n) is 0. The molecular formula is C5H12N. The van der Waals surface area contributed by atoms with Crippen LogP contribution in [0.3, 0.4) is 0 Å². The Kier molecular flexibility index (Phi) is 4.93. The van der Waals surface area contributed by atoms with Gasteiger partial charge in [0.25, 0.3) is 0 Å². The third kappa shape index (κ3) is 37.6. The molecule has 1 rings (SSSR count). The van der Waals surface area contributed by atoms with E-state index in [1.54, 1.807) is 0 Å². The number of rotatable bonds is 0. The second kappa shape index (κ2) is 4.96. The molecule has 0 aromatic carbocycles. The highest BCUT2D eigenvalue weighted by atomic mass is 14.5. The van der Waals surface area contributed by atoms with E-state index in [0.29, 0.717) is 0 Å². The quantitative estimate of drug-likeness (QED) is 0.466. The van der Waals surface area contributed by atoms with Crippen LogP contribution in [0.1, 0.15) is 19.8 Å². The molecule has 37 valence electrons. The lowest BCUT2D eigenvalue weighted by Gasteiger charge is -1.53. The third-order valence-corrected chi connectivity index (χ3v) is 0.289. The van der Waals surface area contributed by atoms with E-state index < -0.39 is 0 Å². The van der Waals surface area contributed by atoms with Gasteiger partial charge in [-0.1, -0.05) is 6.92 Å². The lowest BCUT2D eigenvalue weighted by Crippen LogP contribution is -1.87. The zero-order valence-electron chi connectivity index (χ0n) is 4.28. The Morgan fingerprint density at radius 2 is 1.83 bits per heavy atom. The lowest BCUT2D eigenvalue weighted by molar-refractivity contribution is 1.14. The molecule has 1 aliphatic rings. The summed E-state index contributed by atoms with van der Waals surface area (Å²) in [4.78, 5) is 0. The number of hydrogen-bond acceptors (Lipinski definition) is 1. The van der Waals surface area contributed by atoms with Gasteiger partial charge in [-0.15, -0.1) is 0 Å². The Bertz CT molecular complexity index is 15.1. The van der Waals surface area contributed by atoms with Gasteiger partial charge in [-0.2, -0.15) is 0 Å². The van der Waals surface area contributed by atoms with Crippen LogP contribution < -0.4 is 5.73 Å². The largest absolute Gasteiger partial charge is 0.331 e.